The van der Waals surface area contributed by atoms with Gasteiger partial charge in [0, 0.05) is 23.2 Å². The van der Waals surface area contributed by atoms with Crippen molar-refractivity contribution in [2.24, 2.45) is 16.0 Å². The van der Waals surface area contributed by atoms with Crippen molar-refractivity contribution >= 4 is 17.0 Å². The minimum absolute atomic E-state index is 0.585. The van der Waals surface area contributed by atoms with Gasteiger partial charge in [-0.15, -0.1) is 11.3 Å². The number of aromatic nitrogens is 1. The molecule has 28 heavy (non-hydrogen) atoms. The summed E-state index contributed by atoms with van der Waals surface area (Å²) in [6.07, 6.45) is 4.49. The fourth-order valence-corrected chi connectivity index (χ4v) is 4.30. The van der Waals surface area contributed by atoms with Crippen molar-refractivity contribution in [2.45, 2.75) is 39.5 Å². The lowest BCUT2D eigenvalue weighted by Gasteiger charge is -2.19. The highest BCUT2D eigenvalue weighted by Gasteiger charge is 2.18. The molecule has 1 saturated carbocycles. The minimum Gasteiger partial charge on any atom is -0.493 e. The molecule has 1 aromatic carbocycles. The predicted octanol–water partition coefficient (Wildman–Crippen LogP) is 4.58. The quantitative estimate of drug-likeness (QED) is 0.709. The third-order valence-electron chi connectivity index (χ3n) is 5.03. The van der Waals surface area contributed by atoms with Gasteiger partial charge in [0.1, 0.15) is 0 Å². The molecule has 0 N–H and O–H groups in total. The van der Waals surface area contributed by atoms with Gasteiger partial charge in [-0.25, -0.2) is 4.68 Å². The summed E-state index contributed by atoms with van der Waals surface area (Å²) in [4.78, 5) is 5.54. The zero-order valence-corrected chi connectivity index (χ0v) is 18.1. The molecule has 0 spiro atoms. The van der Waals surface area contributed by atoms with Gasteiger partial charge in [0.25, 0.3) is 0 Å². The maximum atomic E-state index is 5.53. The van der Waals surface area contributed by atoms with Crippen LogP contribution < -0.4 is 19.0 Å². The van der Waals surface area contributed by atoms with Crippen LogP contribution in [0.25, 0.3) is 11.3 Å². The first kappa shape index (κ1) is 20.5. The highest BCUT2D eigenvalue weighted by Crippen LogP contribution is 2.41. The highest BCUT2D eigenvalue weighted by molar-refractivity contribution is 7.07. The lowest BCUT2D eigenvalue weighted by atomic mass is 9.90. The molecular formula is C21H29N3O3S. The van der Waals surface area contributed by atoms with E-state index in [4.69, 9.17) is 19.3 Å². The number of hydrogen-bond donors (Lipinski definition) is 0. The molecule has 1 fully saturated rings. The molecule has 1 aromatic heterocycles. The van der Waals surface area contributed by atoms with Crippen LogP contribution in [0.5, 0.6) is 17.2 Å². The van der Waals surface area contributed by atoms with E-state index >= 15 is 0 Å². The van der Waals surface area contributed by atoms with Crippen LogP contribution >= 0.6 is 11.3 Å². The predicted molar refractivity (Wildman–Crippen MR) is 114 cm³/mol. The second kappa shape index (κ2) is 9.28. The summed E-state index contributed by atoms with van der Waals surface area (Å²) < 4.78 is 18.5. The Labute approximate surface area is 170 Å². The fourth-order valence-electron chi connectivity index (χ4n) is 3.40. The number of hydrogen-bond acceptors (Lipinski definition) is 6. The summed E-state index contributed by atoms with van der Waals surface area (Å²) >= 11 is 1.60. The van der Waals surface area contributed by atoms with E-state index in [9.17, 15) is 0 Å². The standard InChI is InChI=1S/C21H29N3O3S/c1-6-22-21-24(23-16-9-7-14(2)8-10-16)17(13-28-21)15-11-18(25-3)20(27-5)19(12-15)26-4/h11-14H,6-10H2,1-5H3. The van der Waals surface area contributed by atoms with E-state index in [1.165, 1.54) is 18.6 Å². The van der Waals surface area contributed by atoms with Crippen LogP contribution in [0, 0.1) is 5.92 Å². The van der Waals surface area contributed by atoms with E-state index in [0.717, 1.165) is 41.4 Å². The van der Waals surface area contributed by atoms with E-state index in [-0.39, 0.29) is 0 Å². The summed E-state index contributed by atoms with van der Waals surface area (Å²) in [5, 5.41) is 7.09. The summed E-state index contributed by atoms with van der Waals surface area (Å²) in [5.41, 5.74) is 3.17. The van der Waals surface area contributed by atoms with Crippen LogP contribution in [0.1, 0.15) is 39.5 Å². The summed E-state index contributed by atoms with van der Waals surface area (Å²) in [7, 11) is 4.87. The average Bonchev–Trinajstić information content (AvgIpc) is 3.11. The molecule has 0 amide bonds. The van der Waals surface area contributed by atoms with Crippen LogP contribution in [0.4, 0.5) is 0 Å². The Kier molecular flexibility index (Phi) is 6.78. The van der Waals surface area contributed by atoms with Crippen LogP contribution in [0.15, 0.2) is 27.6 Å². The number of nitrogens with zero attached hydrogens (tertiary/aromatic N) is 3. The van der Waals surface area contributed by atoms with E-state index in [2.05, 4.69) is 17.3 Å². The Hall–Kier alpha value is -2.28. The first-order chi connectivity index (χ1) is 13.6. The topological polar surface area (TPSA) is 57.3 Å². The van der Waals surface area contributed by atoms with Gasteiger partial charge in [-0.2, -0.15) is 5.10 Å². The molecule has 1 aliphatic carbocycles. The molecule has 152 valence electrons. The van der Waals surface area contributed by atoms with Gasteiger partial charge in [0.05, 0.1) is 27.0 Å². The molecule has 7 heteroatoms. The molecule has 0 saturated heterocycles. The Bertz CT molecular complexity index is 879. The third kappa shape index (κ3) is 4.24. The van der Waals surface area contributed by atoms with Gasteiger partial charge in [-0.05, 0) is 50.7 Å². The van der Waals surface area contributed by atoms with Gasteiger partial charge >= 0.3 is 0 Å². The Morgan fingerprint density at radius 3 is 2.25 bits per heavy atom. The zero-order chi connectivity index (χ0) is 20.1. The van der Waals surface area contributed by atoms with Crippen LogP contribution in [0.2, 0.25) is 0 Å². The van der Waals surface area contributed by atoms with Crippen molar-refractivity contribution < 1.29 is 14.2 Å². The van der Waals surface area contributed by atoms with E-state index in [1.807, 2.05) is 23.7 Å². The summed E-state index contributed by atoms with van der Waals surface area (Å²) in [5.74, 6) is 2.62. The van der Waals surface area contributed by atoms with Crippen LogP contribution in [-0.2, 0) is 0 Å². The molecular weight excluding hydrogens is 374 g/mol. The molecule has 3 rings (SSSR count). The largest absolute Gasteiger partial charge is 0.493 e. The molecule has 1 aliphatic rings. The molecule has 0 aliphatic heterocycles. The van der Waals surface area contributed by atoms with Crippen molar-refractivity contribution in [3.8, 4) is 28.5 Å². The monoisotopic (exact) mass is 403 g/mol. The second-order valence-electron chi connectivity index (χ2n) is 6.95. The number of thiazole rings is 1. The van der Waals surface area contributed by atoms with Gasteiger partial charge in [-0.1, -0.05) is 6.92 Å². The smallest absolute Gasteiger partial charge is 0.206 e. The van der Waals surface area contributed by atoms with Gasteiger partial charge < -0.3 is 14.2 Å². The Morgan fingerprint density at radius 1 is 1.07 bits per heavy atom. The number of ether oxygens (including phenoxy) is 3. The molecule has 6 nitrogen and oxygen atoms in total. The van der Waals surface area contributed by atoms with Gasteiger partial charge in [0.15, 0.2) is 11.5 Å². The number of benzene rings is 1. The normalized spacial score (nSPS) is 17.5. The van der Waals surface area contributed by atoms with E-state index in [1.54, 1.807) is 32.7 Å². The minimum atomic E-state index is 0.585. The lowest BCUT2D eigenvalue weighted by Crippen LogP contribution is -2.18. The second-order valence-corrected chi connectivity index (χ2v) is 7.79. The number of rotatable bonds is 6. The average molecular weight is 404 g/mol. The number of methoxy groups -OCH3 is 3. The van der Waals surface area contributed by atoms with Gasteiger partial charge in [0.2, 0.25) is 10.6 Å². The van der Waals surface area contributed by atoms with Crippen LogP contribution in [0.3, 0.4) is 0 Å². The van der Waals surface area contributed by atoms with Gasteiger partial charge in [-0.3, -0.25) is 4.99 Å². The summed E-state index contributed by atoms with van der Waals surface area (Å²) in [6.45, 7) is 5.07. The molecule has 0 radical (unpaired) electrons. The Morgan fingerprint density at radius 2 is 1.71 bits per heavy atom. The highest BCUT2D eigenvalue weighted by atomic mass is 32.1. The molecule has 0 unspecified atom stereocenters. The maximum absolute atomic E-state index is 5.53. The Balaban J connectivity index is 2.13. The fraction of sp³-hybridized carbons (Fsp3) is 0.524. The molecule has 0 bridgehead atoms. The lowest BCUT2D eigenvalue weighted by molar-refractivity contribution is 0.324. The van der Waals surface area contributed by atoms with Crippen molar-refractivity contribution in [1.82, 2.24) is 4.68 Å². The van der Waals surface area contributed by atoms with Crippen molar-refractivity contribution in [3.63, 3.8) is 0 Å². The summed E-state index contributed by atoms with van der Waals surface area (Å²) in [6, 6.07) is 3.91. The van der Waals surface area contributed by atoms with Crippen molar-refractivity contribution in [1.29, 1.82) is 0 Å². The van der Waals surface area contributed by atoms with Crippen molar-refractivity contribution in [3.05, 3.63) is 22.3 Å². The van der Waals surface area contributed by atoms with Crippen LogP contribution in [-0.4, -0.2) is 38.3 Å². The van der Waals surface area contributed by atoms with Crippen molar-refractivity contribution in [2.75, 3.05) is 27.9 Å². The molecule has 2 aromatic rings. The van der Waals surface area contributed by atoms with E-state index < -0.39 is 0 Å². The zero-order valence-electron chi connectivity index (χ0n) is 17.3. The SMILES string of the molecule is CCN=c1scc(-c2cc(OC)c(OC)c(OC)c2)n1N=C1CCC(C)CC1. The third-order valence-corrected chi connectivity index (χ3v) is 5.89. The molecule has 1 heterocycles. The molecule has 0 atom stereocenters. The van der Waals surface area contributed by atoms with E-state index in [0.29, 0.717) is 17.2 Å². The first-order valence-electron chi connectivity index (χ1n) is 9.69. The maximum Gasteiger partial charge on any atom is 0.206 e. The first-order valence-corrected chi connectivity index (χ1v) is 10.6.